The quantitative estimate of drug-likeness (QED) is 0.560. The smallest absolute Gasteiger partial charge is 0.178 e. The lowest BCUT2D eigenvalue weighted by molar-refractivity contribution is 0.0994. The van der Waals surface area contributed by atoms with Crippen LogP contribution in [0.25, 0.3) is 0 Å². The van der Waals surface area contributed by atoms with Gasteiger partial charge in [-0.25, -0.2) is 0 Å². The van der Waals surface area contributed by atoms with Crippen LogP contribution in [-0.2, 0) is 6.42 Å². The molecule has 0 fully saturated rings. The summed E-state index contributed by atoms with van der Waals surface area (Å²) in [6.45, 7) is 1.38. The number of nitrogens with one attached hydrogen (secondary N) is 2. The van der Waals surface area contributed by atoms with Crippen LogP contribution in [0.1, 0.15) is 15.9 Å². The molecular weight excluding hydrogens is 140 g/mol. The summed E-state index contributed by atoms with van der Waals surface area (Å²) in [4.78, 5) is 14.2. The topological polar surface area (TPSA) is 44.9 Å². The Morgan fingerprint density at radius 3 is 3.18 bits per heavy atom. The van der Waals surface area contributed by atoms with Crippen LogP contribution in [0.5, 0.6) is 0 Å². The van der Waals surface area contributed by atoms with Gasteiger partial charge in [0, 0.05) is 18.0 Å². The number of carbonyl (C=O) groups is 1. The van der Waals surface area contributed by atoms with Gasteiger partial charge in [0.25, 0.3) is 0 Å². The highest BCUT2D eigenvalue weighted by Crippen LogP contribution is 2.10. The molecule has 0 unspecified atom stereocenters. The zero-order valence-electron chi connectivity index (χ0n) is 6.18. The first-order valence-corrected chi connectivity index (χ1v) is 3.77. The van der Waals surface area contributed by atoms with Crippen molar-refractivity contribution in [2.75, 3.05) is 13.1 Å². The fourth-order valence-electron chi connectivity index (χ4n) is 1.38. The number of H-pyrrole nitrogens is 1. The van der Waals surface area contributed by atoms with Crippen molar-refractivity contribution in [3.05, 3.63) is 23.5 Å². The van der Waals surface area contributed by atoms with Crippen LogP contribution in [0.4, 0.5) is 0 Å². The highest BCUT2D eigenvalue weighted by atomic mass is 16.1. The molecule has 58 valence electrons. The largest absolute Gasteiger partial charge is 0.367 e. The van der Waals surface area contributed by atoms with Gasteiger partial charge < -0.3 is 10.3 Å². The number of aromatic nitrogens is 1. The van der Waals surface area contributed by atoms with Crippen molar-refractivity contribution in [3.8, 4) is 0 Å². The number of fused-ring (bicyclic) bond motifs is 1. The van der Waals surface area contributed by atoms with Gasteiger partial charge >= 0.3 is 0 Å². The predicted molar refractivity (Wildman–Crippen MR) is 41.7 cm³/mol. The highest BCUT2D eigenvalue weighted by Gasteiger charge is 2.14. The first kappa shape index (κ1) is 6.61. The number of Topliss-reactive ketones (excluding diaryl/α,β-unsaturated/α-hetero) is 1. The lowest BCUT2D eigenvalue weighted by Gasteiger charge is -1.93. The van der Waals surface area contributed by atoms with E-state index in [1.165, 1.54) is 0 Å². The molecule has 1 aromatic rings. The molecule has 11 heavy (non-hydrogen) atoms. The molecule has 0 saturated carbocycles. The zero-order chi connectivity index (χ0) is 7.68. The first-order chi connectivity index (χ1) is 5.38. The molecule has 3 heteroatoms. The minimum Gasteiger partial charge on any atom is -0.367 e. The molecule has 1 aromatic heterocycles. The minimum atomic E-state index is 0.193. The van der Waals surface area contributed by atoms with E-state index in [0.717, 1.165) is 24.1 Å². The second kappa shape index (κ2) is 2.51. The van der Waals surface area contributed by atoms with Crippen molar-refractivity contribution >= 4 is 5.78 Å². The molecule has 2 rings (SSSR count). The number of hydrogen-bond acceptors (Lipinski definition) is 2. The van der Waals surface area contributed by atoms with Crippen LogP contribution in [0.3, 0.4) is 0 Å². The van der Waals surface area contributed by atoms with E-state index in [0.29, 0.717) is 6.54 Å². The van der Waals surface area contributed by atoms with Crippen molar-refractivity contribution in [2.45, 2.75) is 6.42 Å². The first-order valence-electron chi connectivity index (χ1n) is 3.77. The Morgan fingerprint density at radius 2 is 2.27 bits per heavy atom. The molecule has 0 spiro atoms. The van der Waals surface area contributed by atoms with Crippen molar-refractivity contribution in [1.29, 1.82) is 0 Å². The molecule has 0 saturated heterocycles. The van der Waals surface area contributed by atoms with Gasteiger partial charge in [-0.15, -0.1) is 0 Å². The molecule has 1 aliphatic heterocycles. The summed E-state index contributed by atoms with van der Waals surface area (Å²) in [6, 6.07) is 0. The monoisotopic (exact) mass is 150 g/mol. The van der Waals surface area contributed by atoms with Gasteiger partial charge in [-0.1, -0.05) is 0 Å². The summed E-state index contributed by atoms with van der Waals surface area (Å²) in [5, 5.41) is 3.07. The molecule has 0 aromatic carbocycles. The fraction of sp³-hybridized carbons (Fsp3) is 0.375. The Kier molecular flexibility index (Phi) is 1.51. The normalized spacial score (nSPS) is 17.6. The Balaban J connectivity index is 2.41. The standard InChI is InChI=1S/C8H10N2O/c11-8-5-9-2-1-6-3-10-4-7(6)8/h3-4,9-10H,1-2,5H2. The third-order valence-corrected chi connectivity index (χ3v) is 1.99. The molecule has 0 radical (unpaired) electrons. The average Bonchev–Trinajstić information content (AvgIpc) is 2.40. The van der Waals surface area contributed by atoms with E-state index in [2.05, 4.69) is 10.3 Å². The molecule has 2 N–H and O–H groups in total. The van der Waals surface area contributed by atoms with E-state index >= 15 is 0 Å². The molecule has 0 amide bonds. The lowest BCUT2D eigenvalue weighted by Crippen LogP contribution is -2.21. The van der Waals surface area contributed by atoms with Gasteiger partial charge in [-0.2, -0.15) is 0 Å². The molecule has 3 nitrogen and oxygen atoms in total. The van der Waals surface area contributed by atoms with Crippen LogP contribution in [0, 0.1) is 0 Å². The second-order valence-electron chi connectivity index (χ2n) is 2.74. The Morgan fingerprint density at radius 1 is 1.36 bits per heavy atom. The van der Waals surface area contributed by atoms with Crippen LogP contribution in [0.15, 0.2) is 12.4 Å². The summed E-state index contributed by atoms with van der Waals surface area (Å²) in [5.41, 5.74) is 2.00. The van der Waals surface area contributed by atoms with Crippen molar-refractivity contribution < 1.29 is 4.79 Å². The number of aromatic amines is 1. The predicted octanol–water partition coefficient (Wildman–Crippen LogP) is 0.343. The van der Waals surface area contributed by atoms with Crippen LogP contribution in [-0.4, -0.2) is 23.9 Å². The van der Waals surface area contributed by atoms with Crippen molar-refractivity contribution in [1.82, 2.24) is 10.3 Å². The van der Waals surface area contributed by atoms with Crippen LogP contribution in [0.2, 0.25) is 0 Å². The fourth-order valence-corrected chi connectivity index (χ4v) is 1.38. The third kappa shape index (κ3) is 1.07. The molecule has 0 atom stereocenters. The Labute approximate surface area is 64.8 Å². The highest BCUT2D eigenvalue weighted by molar-refractivity contribution is 5.99. The van der Waals surface area contributed by atoms with Gasteiger partial charge in [-0.05, 0) is 18.5 Å². The third-order valence-electron chi connectivity index (χ3n) is 1.99. The number of rotatable bonds is 0. The zero-order valence-corrected chi connectivity index (χ0v) is 6.18. The second-order valence-corrected chi connectivity index (χ2v) is 2.74. The summed E-state index contributed by atoms with van der Waals surface area (Å²) in [7, 11) is 0. The average molecular weight is 150 g/mol. The van der Waals surface area contributed by atoms with Crippen molar-refractivity contribution in [2.24, 2.45) is 0 Å². The molecule has 1 aliphatic rings. The summed E-state index contributed by atoms with van der Waals surface area (Å²) in [6.07, 6.45) is 4.63. The van der Waals surface area contributed by atoms with E-state index in [1.807, 2.05) is 6.20 Å². The van der Waals surface area contributed by atoms with Gasteiger partial charge in [0.2, 0.25) is 0 Å². The Hall–Kier alpha value is -1.09. The molecular formula is C8H10N2O. The molecule has 2 heterocycles. The minimum absolute atomic E-state index is 0.193. The molecule has 0 bridgehead atoms. The number of hydrogen-bond donors (Lipinski definition) is 2. The van der Waals surface area contributed by atoms with E-state index in [1.54, 1.807) is 6.20 Å². The number of carbonyl (C=O) groups excluding carboxylic acids is 1. The van der Waals surface area contributed by atoms with Gasteiger partial charge in [0.1, 0.15) is 0 Å². The van der Waals surface area contributed by atoms with Crippen molar-refractivity contribution in [3.63, 3.8) is 0 Å². The van der Waals surface area contributed by atoms with E-state index in [-0.39, 0.29) is 5.78 Å². The van der Waals surface area contributed by atoms with Gasteiger partial charge in [0.05, 0.1) is 6.54 Å². The van der Waals surface area contributed by atoms with Gasteiger partial charge in [-0.3, -0.25) is 4.79 Å². The van der Waals surface area contributed by atoms with Crippen LogP contribution >= 0.6 is 0 Å². The van der Waals surface area contributed by atoms with E-state index in [4.69, 9.17) is 0 Å². The van der Waals surface area contributed by atoms with E-state index in [9.17, 15) is 4.79 Å². The maximum absolute atomic E-state index is 11.3. The van der Waals surface area contributed by atoms with E-state index < -0.39 is 0 Å². The van der Waals surface area contributed by atoms with Gasteiger partial charge in [0.15, 0.2) is 5.78 Å². The SMILES string of the molecule is O=C1CNCCc2c[nH]cc21. The van der Waals surface area contributed by atoms with Crippen LogP contribution < -0.4 is 5.32 Å². The maximum Gasteiger partial charge on any atom is 0.178 e. The Bertz CT molecular complexity index is 277. The maximum atomic E-state index is 11.3. The molecule has 0 aliphatic carbocycles. The summed E-state index contributed by atoms with van der Waals surface area (Å²) < 4.78 is 0. The summed E-state index contributed by atoms with van der Waals surface area (Å²) >= 11 is 0. The number of ketones is 1. The lowest BCUT2D eigenvalue weighted by atomic mass is 10.1. The summed E-state index contributed by atoms with van der Waals surface area (Å²) in [5.74, 6) is 0.193.